The van der Waals surface area contributed by atoms with Gasteiger partial charge >= 0.3 is 0 Å². The van der Waals surface area contributed by atoms with Crippen LogP contribution in [0.4, 0.5) is 4.39 Å². The molecule has 0 bridgehead atoms. The number of fused-ring (bicyclic) bond motifs is 1. The van der Waals surface area contributed by atoms with Crippen molar-refractivity contribution in [2.75, 3.05) is 0 Å². The van der Waals surface area contributed by atoms with E-state index in [0.717, 1.165) is 5.69 Å². The van der Waals surface area contributed by atoms with Crippen LogP contribution in [0.1, 0.15) is 26.5 Å². The molecule has 3 rings (SSSR count). The highest BCUT2D eigenvalue weighted by Crippen LogP contribution is 2.19. The third-order valence-electron chi connectivity index (χ3n) is 3.56. The summed E-state index contributed by atoms with van der Waals surface area (Å²) < 4.78 is 14.2. The fourth-order valence-corrected chi connectivity index (χ4v) is 2.31. The van der Waals surface area contributed by atoms with Gasteiger partial charge in [0.2, 0.25) is 0 Å². The second-order valence-corrected chi connectivity index (χ2v) is 6.28. The van der Waals surface area contributed by atoms with E-state index in [2.05, 4.69) is 10.1 Å². The number of hydrogen-bond donors (Lipinski definition) is 2. The molecule has 0 radical (unpaired) electrons. The molecule has 0 saturated heterocycles. The molecule has 0 aliphatic heterocycles. The van der Waals surface area contributed by atoms with Crippen LogP contribution in [0.3, 0.4) is 0 Å². The van der Waals surface area contributed by atoms with E-state index in [4.69, 9.17) is 0 Å². The maximum Gasteiger partial charge on any atom is 0.284 e. The lowest BCUT2D eigenvalue weighted by molar-refractivity contribution is 0.570. The third-order valence-corrected chi connectivity index (χ3v) is 3.56. The standard InChI is InChI=1S/C16H16FN3O2/c1-16(2,3)12-8-11(21)13-14(18-12)19-20(15(13)22)10-6-4-9(17)5-7-10/h4-8H,1-3H3,(H2,18,19,21). The molecule has 5 nitrogen and oxygen atoms in total. The molecule has 0 amide bonds. The van der Waals surface area contributed by atoms with E-state index in [1.165, 1.54) is 35.0 Å². The lowest BCUT2D eigenvalue weighted by atomic mass is 9.91. The Morgan fingerprint density at radius 3 is 2.32 bits per heavy atom. The van der Waals surface area contributed by atoms with Crippen molar-refractivity contribution < 1.29 is 4.39 Å². The molecule has 0 aliphatic carbocycles. The maximum atomic E-state index is 13.0. The van der Waals surface area contributed by atoms with Gasteiger partial charge in [-0.3, -0.25) is 14.7 Å². The molecule has 0 fully saturated rings. The van der Waals surface area contributed by atoms with Crippen LogP contribution >= 0.6 is 0 Å². The normalized spacial score (nSPS) is 12.0. The number of pyridine rings is 1. The van der Waals surface area contributed by atoms with Crippen molar-refractivity contribution in [2.24, 2.45) is 0 Å². The van der Waals surface area contributed by atoms with Crippen LogP contribution in [0.2, 0.25) is 0 Å². The summed E-state index contributed by atoms with van der Waals surface area (Å²) in [6.07, 6.45) is 0. The molecule has 2 N–H and O–H groups in total. The Morgan fingerprint density at radius 1 is 1.09 bits per heavy atom. The maximum absolute atomic E-state index is 13.0. The average Bonchev–Trinajstić information content (AvgIpc) is 2.76. The SMILES string of the molecule is CC(C)(C)c1cc(=O)c2c(=O)n(-c3ccc(F)cc3)[nH]c2[nH]1. The predicted molar refractivity (Wildman–Crippen MR) is 83.2 cm³/mol. The number of rotatable bonds is 1. The molecule has 0 spiro atoms. The van der Waals surface area contributed by atoms with E-state index in [0.29, 0.717) is 11.3 Å². The van der Waals surface area contributed by atoms with Gasteiger partial charge < -0.3 is 4.98 Å². The van der Waals surface area contributed by atoms with E-state index < -0.39 is 5.56 Å². The highest BCUT2D eigenvalue weighted by Gasteiger charge is 2.19. The quantitative estimate of drug-likeness (QED) is 0.724. The summed E-state index contributed by atoms with van der Waals surface area (Å²) in [6, 6.07) is 6.92. The van der Waals surface area contributed by atoms with Crippen LogP contribution in [-0.2, 0) is 5.41 Å². The van der Waals surface area contributed by atoms with Crippen LogP contribution in [0.5, 0.6) is 0 Å². The minimum atomic E-state index is -0.455. The molecule has 6 heteroatoms. The number of nitrogens with one attached hydrogen (secondary N) is 2. The lowest BCUT2D eigenvalue weighted by Gasteiger charge is -2.17. The minimum Gasteiger partial charge on any atom is -0.343 e. The summed E-state index contributed by atoms with van der Waals surface area (Å²) in [7, 11) is 0. The molecule has 114 valence electrons. The van der Waals surface area contributed by atoms with Gasteiger partial charge in [0.1, 0.15) is 16.9 Å². The van der Waals surface area contributed by atoms with Crippen molar-refractivity contribution in [3.8, 4) is 5.69 Å². The van der Waals surface area contributed by atoms with Gasteiger partial charge in [-0.25, -0.2) is 9.07 Å². The average molecular weight is 301 g/mol. The Bertz CT molecular complexity index is 956. The molecular weight excluding hydrogens is 285 g/mol. The Labute approximate surface area is 125 Å². The summed E-state index contributed by atoms with van der Waals surface area (Å²) >= 11 is 0. The number of hydrogen-bond acceptors (Lipinski definition) is 2. The van der Waals surface area contributed by atoms with Crippen LogP contribution in [0.25, 0.3) is 16.7 Å². The Morgan fingerprint density at radius 2 is 1.73 bits per heavy atom. The Hall–Kier alpha value is -2.63. The van der Waals surface area contributed by atoms with Crippen LogP contribution in [-0.4, -0.2) is 14.8 Å². The molecular formula is C16H16FN3O2. The molecule has 22 heavy (non-hydrogen) atoms. The van der Waals surface area contributed by atoms with Crippen molar-refractivity contribution in [1.29, 1.82) is 0 Å². The number of aromatic nitrogens is 3. The number of nitrogens with zero attached hydrogens (tertiary/aromatic N) is 1. The summed E-state index contributed by atoms with van der Waals surface area (Å²) in [5.74, 6) is -0.390. The topological polar surface area (TPSA) is 70.7 Å². The van der Waals surface area contributed by atoms with Crippen molar-refractivity contribution in [3.63, 3.8) is 0 Å². The van der Waals surface area contributed by atoms with Gasteiger partial charge in [-0.05, 0) is 24.3 Å². The van der Waals surface area contributed by atoms with Crippen molar-refractivity contribution >= 4 is 11.0 Å². The fourth-order valence-electron chi connectivity index (χ4n) is 2.31. The monoisotopic (exact) mass is 301 g/mol. The van der Waals surface area contributed by atoms with Gasteiger partial charge in [-0.1, -0.05) is 20.8 Å². The zero-order valence-corrected chi connectivity index (χ0v) is 12.5. The van der Waals surface area contributed by atoms with Gasteiger partial charge in [0, 0.05) is 17.2 Å². The molecule has 0 saturated carbocycles. The number of aromatic amines is 2. The highest BCUT2D eigenvalue weighted by molar-refractivity contribution is 5.74. The fraction of sp³-hybridized carbons (Fsp3) is 0.250. The zero-order chi connectivity index (χ0) is 16.1. The summed E-state index contributed by atoms with van der Waals surface area (Å²) in [5, 5.41) is 2.95. The summed E-state index contributed by atoms with van der Waals surface area (Å²) in [5.41, 5.74) is 0.531. The molecule has 1 aromatic carbocycles. The molecule has 2 heterocycles. The molecule has 2 aromatic heterocycles. The minimum absolute atomic E-state index is 0.0670. The first-order valence-corrected chi connectivity index (χ1v) is 6.92. The second kappa shape index (κ2) is 4.69. The first-order chi connectivity index (χ1) is 10.3. The van der Waals surface area contributed by atoms with Gasteiger partial charge in [0.15, 0.2) is 5.43 Å². The third kappa shape index (κ3) is 2.26. The Kier molecular flexibility index (Phi) is 3.05. The predicted octanol–water partition coefficient (Wildman–Crippen LogP) is 2.44. The van der Waals surface area contributed by atoms with E-state index in [-0.39, 0.29) is 22.0 Å². The van der Waals surface area contributed by atoms with Gasteiger partial charge in [-0.15, -0.1) is 0 Å². The number of H-pyrrole nitrogens is 2. The number of halogens is 1. The zero-order valence-electron chi connectivity index (χ0n) is 12.5. The lowest BCUT2D eigenvalue weighted by Crippen LogP contribution is -2.21. The van der Waals surface area contributed by atoms with E-state index >= 15 is 0 Å². The smallest absolute Gasteiger partial charge is 0.284 e. The molecule has 3 aromatic rings. The first-order valence-electron chi connectivity index (χ1n) is 6.92. The van der Waals surface area contributed by atoms with Crippen molar-refractivity contribution in [1.82, 2.24) is 14.8 Å². The van der Waals surface area contributed by atoms with Crippen molar-refractivity contribution in [3.05, 3.63) is 62.4 Å². The second-order valence-electron chi connectivity index (χ2n) is 6.28. The highest BCUT2D eigenvalue weighted by atomic mass is 19.1. The summed E-state index contributed by atoms with van der Waals surface area (Å²) in [4.78, 5) is 27.8. The Balaban J connectivity index is 2.29. The van der Waals surface area contributed by atoms with Crippen LogP contribution in [0.15, 0.2) is 39.9 Å². The largest absolute Gasteiger partial charge is 0.343 e. The van der Waals surface area contributed by atoms with Gasteiger partial charge in [0.05, 0.1) is 5.69 Å². The van der Waals surface area contributed by atoms with E-state index in [1.807, 2.05) is 20.8 Å². The van der Waals surface area contributed by atoms with Gasteiger partial charge in [0.25, 0.3) is 5.56 Å². The molecule has 0 atom stereocenters. The van der Waals surface area contributed by atoms with Gasteiger partial charge in [-0.2, -0.15) is 0 Å². The van der Waals surface area contributed by atoms with E-state index in [9.17, 15) is 14.0 Å². The first kappa shape index (κ1) is 14.3. The van der Waals surface area contributed by atoms with E-state index in [1.54, 1.807) is 0 Å². The summed E-state index contributed by atoms with van der Waals surface area (Å²) in [6.45, 7) is 5.91. The molecule has 0 aliphatic rings. The molecule has 0 unspecified atom stereocenters. The van der Waals surface area contributed by atoms with Crippen LogP contribution in [0, 0.1) is 5.82 Å². The van der Waals surface area contributed by atoms with Crippen LogP contribution < -0.4 is 11.0 Å². The number of benzene rings is 1. The van der Waals surface area contributed by atoms with Crippen molar-refractivity contribution in [2.45, 2.75) is 26.2 Å².